The molecule has 4 heteroatoms. The van der Waals surface area contributed by atoms with Crippen LogP contribution in [0.4, 0.5) is 4.79 Å². The first-order chi connectivity index (χ1) is 4.86. The lowest BCUT2D eigenvalue weighted by Crippen LogP contribution is -2.34. The molecule has 0 aromatic heterocycles. The number of rotatable bonds is 0. The van der Waals surface area contributed by atoms with Crippen molar-refractivity contribution in [1.82, 2.24) is 10.6 Å². The summed E-state index contributed by atoms with van der Waals surface area (Å²) in [5.41, 5.74) is 0. The van der Waals surface area contributed by atoms with Crippen molar-refractivity contribution in [2.75, 3.05) is 0 Å². The van der Waals surface area contributed by atoms with Crippen LogP contribution in [0.15, 0.2) is 4.99 Å². The monoisotopic (exact) mass is 139 g/mol. The third-order valence-corrected chi connectivity index (χ3v) is 1.85. The minimum Gasteiger partial charge on any atom is -0.331 e. The lowest BCUT2D eigenvalue weighted by Gasteiger charge is -2.16. The van der Waals surface area contributed by atoms with Gasteiger partial charge in [0.25, 0.3) is 0 Å². The Kier molecular flexibility index (Phi) is 1.12. The molecular weight excluding hydrogens is 130 g/mol. The normalized spacial score (nSPS) is 36.6. The first-order valence-corrected chi connectivity index (χ1v) is 3.45. The maximum absolute atomic E-state index is 10.7. The summed E-state index contributed by atoms with van der Waals surface area (Å²) in [7, 11) is 0. The molecule has 1 saturated heterocycles. The van der Waals surface area contributed by atoms with Gasteiger partial charge in [-0.05, 0) is 12.8 Å². The third-order valence-electron chi connectivity index (χ3n) is 1.85. The fourth-order valence-electron chi connectivity index (χ4n) is 1.34. The van der Waals surface area contributed by atoms with E-state index in [1.165, 1.54) is 0 Å². The van der Waals surface area contributed by atoms with Crippen LogP contribution in [0.1, 0.15) is 12.8 Å². The minimum absolute atomic E-state index is 0.00116. The molecule has 10 heavy (non-hydrogen) atoms. The van der Waals surface area contributed by atoms with Crippen molar-refractivity contribution in [3.63, 3.8) is 0 Å². The Bertz CT molecular complexity index is 189. The van der Waals surface area contributed by atoms with Crippen LogP contribution in [0.25, 0.3) is 0 Å². The minimum atomic E-state index is -0.0888. The van der Waals surface area contributed by atoms with Crippen molar-refractivity contribution in [2.24, 2.45) is 4.99 Å². The predicted molar refractivity (Wildman–Crippen MR) is 37.0 cm³/mol. The van der Waals surface area contributed by atoms with E-state index in [9.17, 15) is 4.79 Å². The van der Waals surface area contributed by atoms with Crippen molar-refractivity contribution in [1.29, 1.82) is 0 Å². The Balaban J connectivity index is 2.15. The summed E-state index contributed by atoms with van der Waals surface area (Å²) in [5.74, 6) is 0. The molecule has 2 aliphatic heterocycles. The molecule has 54 valence electrons. The van der Waals surface area contributed by atoms with Crippen LogP contribution >= 0.6 is 0 Å². The molecule has 2 atom stereocenters. The molecule has 0 aliphatic carbocycles. The van der Waals surface area contributed by atoms with Crippen LogP contribution in [-0.2, 0) is 0 Å². The highest BCUT2D eigenvalue weighted by Gasteiger charge is 2.31. The van der Waals surface area contributed by atoms with Gasteiger partial charge < -0.3 is 10.6 Å². The Hall–Kier alpha value is -1.06. The topological polar surface area (TPSA) is 53.5 Å². The van der Waals surface area contributed by atoms with Crippen LogP contribution in [0.3, 0.4) is 0 Å². The number of fused-ring (bicyclic) bond motifs is 1. The summed E-state index contributed by atoms with van der Waals surface area (Å²) in [5, 5.41) is 5.50. The fourth-order valence-corrected chi connectivity index (χ4v) is 1.34. The van der Waals surface area contributed by atoms with Gasteiger partial charge in [-0.1, -0.05) is 0 Å². The van der Waals surface area contributed by atoms with Gasteiger partial charge in [-0.15, -0.1) is 0 Å². The molecule has 1 fully saturated rings. The van der Waals surface area contributed by atoms with Gasteiger partial charge in [0.2, 0.25) is 0 Å². The molecule has 2 rings (SSSR count). The van der Waals surface area contributed by atoms with E-state index in [-0.39, 0.29) is 18.2 Å². The number of aliphatic imine (C=N–C) groups is 1. The second-order valence-corrected chi connectivity index (χ2v) is 2.58. The number of nitrogens with one attached hydrogen (secondary N) is 2. The highest BCUT2D eigenvalue weighted by Crippen LogP contribution is 2.12. The van der Waals surface area contributed by atoms with Gasteiger partial charge >= 0.3 is 6.03 Å². The zero-order valence-corrected chi connectivity index (χ0v) is 5.50. The summed E-state index contributed by atoms with van der Waals surface area (Å²) < 4.78 is 0. The summed E-state index contributed by atoms with van der Waals surface area (Å²) in [6, 6.07) is 0.145. The van der Waals surface area contributed by atoms with Crippen molar-refractivity contribution >= 4 is 12.2 Å². The molecule has 4 nitrogen and oxygen atoms in total. The van der Waals surface area contributed by atoms with E-state index in [4.69, 9.17) is 0 Å². The van der Waals surface area contributed by atoms with E-state index >= 15 is 0 Å². The molecule has 2 amide bonds. The second kappa shape index (κ2) is 1.97. The number of urea groups is 1. The molecule has 0 saturated carbocycles. The van der Waals surface area contributed by atoms with E-state index < -0.39 is 0 Å². The van der Waals surface area contributed by atoms with Crippen LogP contribution in [-0.4, -0.2) is 24.5 Å². The summed E-state index contributed by atoms with van der Waals surface area (Å²) >= 11 is 0. The van der Waals surface area contributed by atoms with E-state index in [1.54, 1.807) is 0 Å². The van der Waals surface area contributed by atoms with Crippen molar-refractivity contribution in [3.05, 3.63) is 0 Å². The smallest absolute Gasteiger partial charge is 0.316 e. The number of hydrogen-bond donors (Lipinski definition) is 2. The zero-order chi connectivity index (χ0) is 6.97. The molecule has 0 spiro atoms. The maximum Gasteiger partial charge on any atom is 0.316 e. The zero-order valence-electron chi connectivity index (χ0n) is 5.50. The molecular formula is C6H9N3O. The Morgan fingerprint density at radius 2 is 2.50 bits per heavy atom. The van der Waals surface area contributed by atoms with Gasteiger partial charge in [0.05, 0.1) is 6.04 Å². The average Bonchev–Trinajstić information content (AvgIpc) is 2.27. The Morgan fingerprint density at radius 3 is 3.30 bits per heavy atom. The van der Waals surface area contributed by atoms with Gasteiger partial charge in [-0.2, -0.15) is 0 Å². The van der Waals surface area contributed by atoms with Crippen molar-refractivity contribution < 1.29 is 4.79 Å². The van der Waals surface area contributed by atoms with Gasteiger partial charge in [-0.25, -0.2) is 4.79 Å². The van der Waals surface area contributed by atoms with E-state index in [1.807, 2.05) is 6.21 Å². The number of carbonyl (C=O) groups is 1. The molecule has 0 bridgehead atoms. The van der Waals surface area contributed by atoms with Gasteiger partial charge in [0, 0.05) is 6.21 Å². The quantitative estimate of drug-likeness (QED) is 0.482. The average molecular weight is 139 g/mol. The Morgan fingerprint density at radius 1 is 1.60 bits per heavy atom. The maximum atomic E-state index is 10.7. The van der Waals surface area contributed by atoms with Crippen molar-refractivity contribution in [2.45, 2.75) is 25.0 Å². The summed E-state index contributed by atoms with van der Waals surface area (Å²) in [6.07, 6.45) is 3.85. The largest absolute Gasteiger partial charge is 0.331 e. The molecule has 0 radical (unpaired) electrons. The molecule has 2 aliphatic rings. The molecule has 0 aromatic carbocycles. The molecule has 0 aromatic rings. The van der Waals surface area contributed by atoms with E-state index in [0.29, 0.717) is 0 Å². The lowest BCUT2D eigenvalue weighted by molar-refractivity contribution is 0.247. The van der Waals surface area contributed by atoms with E-state index in [2.05, 4.69) is 15.6 Å². The first-order valence-electron chi connectivity index (χ1n) is 3.45. The number of nitrogens with zero attached hydrogens (tertiary/aromatic N) is 1. The van der Waals surface area contributed by atoms with Crippen LogP contribution < -0.4 is 10.6 Å². The van der Waals surface area contributed by atoms with Crippen LogP contribution in [0, 0.1) is 0 Å². The highest BCUT2D eigenvalue weighted by atomic mass is 16.2. The summed E-state index contributed by atoms with van der Waals surface area (Å²) in [6.45, 7) is 0. The van der Waals surface area contributed by atoms with Crippen molar-refractivity contribution in [3.8, 4) is 0 Å². The fraction of sp³-hybridized carbons (Fsp3) is 0.667. The highest BCUT2D eigenvalue weighted by molar-refractivity contribution is 5.78. The van der Waals surface area contributed by atoms with Gasteiger partial charge in [0.15, 0.2) is 0 Å². The third kappa shape index (κ3) is 0.761. The second-order valence-electron chi connectivity index (χ2n) is 2.58. The number of hydrogen-bond acceptors (Lipinski definition) is 2. The Labute approximate surface area is 58.7 Å². The SMILES string of the molecule is O=C1NC2CCC=NC2N1. The molecule has 2 unspecified atom stereocenters. The predicted octanol–water partition coefficient (Wildman–Crippen LogP) is -0.142. The summed E-state index contributed by atoms with van der Waals surface area (Å²) in [4.78, 5) is 14.8. The van der Waals surface area contributed by atoms with Crippen LogP contribution in [0.5, 0.6) is 0 Å². The first kappa shape index (κ1) is 5.70. The van der Waals surface area contributed by atoms with E-state index in [0.717, 1.165) is 12.8 Å². The standard InChI is InChI=1S/C6H9N3O/c10-6-8-4-2-1-3-7-5(4)9-6/h3-5H,1-2H2,(H2,8,9,10). The lowest BCUT2D eigenvalue weighted by atomic mass is 10.1. The number of carbonyl (C=O) groups excluding carboxylic acids is 1. The van der Waals surface area contributed by atoms with Crippen LogP contribution in [0.2, 0.25) is 0 Å². The van der Waals surface area contributed by atoms with Gasteiger partial charge in [0.1, 0.15) is 6.17 Å². The van der Waals surface area contributed by atoms with Gasteiger partial charge in [-0.3, -0.25) is 4.99 Å². The molecule has 2 N–H and O–H groups in total. The number of amides is 2. The molecule has 2 heterocycles.